The van der Waals surface area contributed by atoms with Crippen molar-refractivity contribution in [2.24, 2.45) is 0 Å². The Hall–Kier alpha value is -2.15. The fourth-order valence-electron chi connectivity index (χ4n) is 3.45. The maximum atomic E-state index is 13.2. The molecule has 0 aliphatic carbocycles. The van der Waals surface area contributed by atoms with Crippen molar-refractivity contribution in [2.75, 3.05) is 37.7 Å². The molecule has 0 N–H and O–H groups in total. The average molecular weight is 462 g/mol. The number of amides is 1. The molecule has 0 atom stereocenters. The fourth-order valence-corrected chi connectivity index (χ4v) is 4.51. The lowest BCUT2D eigenvalue weighted by Crippen LogP contribution is -2.41. The van der Waals surface area contributed by atoms with Crippen LogP contribution in [0.25, 0.3) is 10.2 Å². The predicted molar refractivity (Wildman–Crippen MR) is 133 cm³/mol. The number of anilines is 1. The van der Waals surface area contributed by atoms with Gasteiger partial charge in [-0.1, -0.05) is 48.9 Å². The van der Waals surface area contributed by atoms with Crippen LogP contribution >= 0.6 is 23.7 Å². The minimum absolute atomic E-state index is 0. The molecule has 0 unspecified atom stereocenters. The minimum Gasteiger partial charge on any atom is -0.484 e. The summed E-state index contributed by atoms with van der Waals surface area (Å²) >= 11 is 1.58. The topological polar surface area (TPSA) is 45.7 Å². The van der Waals surface area contributed by atoms with Gasteiger partial charge in [-0.15, -0.1) is 12.4 Å². The number of nitrogens with zero attached hydrogens (tertiary/aromatic N) is 3. The van der Waals surface area contributed by atoms with Crippen LogP contribution in [-0.2, 0) is 4.79 Å². The van der Waals surface area contributed by atoms with E-state index in [1.54, 1.807) is 16.2 Å². The van der Waals surface area contributed by atoms with E-state index in [2.05, 4.69) is 44.7 Å². The molecular formula is C24H32ClN3O2S. The second-order valence-corrected chi connectivity index (χ2v) is 8.58. The van der Waals surface area contributed by atoms with E-state index in [0.717, 1.165) is 40.5 Å². The minimum atomic E-state index is -0.0730. The van der Waals surface area contributed by atoms with Gasteiger partial charge < -0.3 is 9.64 Å². The third-order valence-corrected chi connectivity index (χ3v) is 6.49. The third-order valence-electron chi connectivity index (χ3n) is 5.26. The quantitative estimate of drug-likeness (QED) is 0.428. The van der Waals surface area contributed by atoms with Crippen LogP contribution in [0.2, 0.25) is 0 Å². The number of halogens is 1. The zero-order chi connectivity index (χ0) is 21.7. The Bertz CT molecular complexity index is 1000. The molecule has 0 bridgehead atoms. The number of likely N-dealkylation sites (N-methyl/N-ethyl adjacent to an activating group) is 1. The van der Waals surface area contributed by atoms with E-state index in [1.807, 2.05) is 31.2 Å². The normalized spacial score (nSPS) is 10.9. The van der Waals surface area contributed by atoms with Gasteiger partial charge in [-0.3, -0.25) is 9.69 Å². The number of carbonyl (C=O) groups is 1. The van der Waals surface area contributed by atoms with Crippen molar-refractivity contribution in [3.63, 3.8) is 0 Å². The highest BCUT2D eigenvalue weighted by Gasteiger charge is 2.21. The highest BCUT2D eigenvalue weighted by atomic mass is 35.5. The van der Waals surface area contributed by atoms with Crippen molar-refractivity contribution in [3.05, 3.63) is 53.1 Å². The average Bonchev–Trinajstić information content (AvgIpc) is 3.14. The maximum absolute atomic E-state index is 13.2. The van der Waals surface area contributed by atoms with Crippen LogP contribution < -0.4 is 9.64 Å². The summed E-state index contributed by atoms with van der Waals surface area (Å²) < 4.78 is 6.91. The van der Waals surface area contributed by atoms with Crippen molar-refractivity contribution in [2.45, 2.75) is 34.6 Å². The first-order valence-corrected chi connectivity index (χ1v) is 11.3. The summed E-state index contributed by atoms with van der Waals surface area (Å²) in [6, 6.07) is 12.0. The summed E-state index contributed by atoms with van der Waals surface area (Å²) in [4.78, 5) is 22.0. The Morgan fingerprint density at radius 3 is 2.32 bits per heavy atom. The van der Waals surface area contributed by atoms with Gasteiger partial charge >= 0.3 is 0 Å². The van der Waals surface area contributed by atoms with Gasteiger partial charge in [0.25, 0.3) is 5.91 Å². The number of ether oxygens (including phenoxy) is 1. The molecule has 1 aromatic heterocycles. The van der Waals surface area contributed by atoms with Crippen LogP contribution in [0.3, 0.4) is 0 Å². The number of rotatable bonds is 9. The molecule has 1 heterocycles. The lowest BCUT2D eigenvalue weighted by molar-refractivity contribution is -0.120. The van der Waals surface area contributed by atoms with Crippen LogP contribution in [0.4, 0.5) is 5.13 Å². The van der Waals surface area contributed by atoms with Crippen LogP contribution in [0.5, 0.6) is 5.75 Å². The second-order valence-electron chi connectivity index (χ2n) is 7.60. The number of aryl methyl sites for hydroxylation is 3. The first-order chi connectivity index (χ1) is 14.4. The number of aromatic nitrogens is 1. The number of hydrogen-bond acceptors (Lipinski definition) is 5. The number of benzene rings is 2. The molecule has 0 saturated carbocycles. The van der Waals surface area contributed by atoms with Crippen molar-refractivity contribution in [3.8, 4) is 5.75 Å². The summed E-state index contributed by atoms with van der Waals surface area (Å²) in [6.07, 6.45) is 0. The molecule has 0 aliphatic heterocycles. The van der Waals surface area contributed by atoms with Gasteiger partial charge in [0.05, 0.1) is 10.2 Å². The number of hydrogen-bond donors (Lipinski definition) is 0. The molecule has 31 heavy (non-hydrogen) atoms. The molecule has 2 aromatic carbocycles. The van der Waals surface area contributed by atoms with E-state index in [0.29, 0.717) is 12.3 Å². The van der Waals surface area contributed by atoms with E-state index in [-0.39, 0.29) is 24.9 Å². The summed E-state index contributed by atoms with van der Waals surface area (Å²) in [6.45, 7) is 13.8. The van der Waals surface area contributed by atoms with E-state index in [4.69, 9.17) is 9.72 Å². The van der Waals surface area contributed by atoms with E-state index in [1.165, 1.54) is 11.1 Å². The van der Waals surface area contributed by atoms with Gasteiger partial charge in [-0.25, -0.2) is 4.98 Å². The van der Waals surface area contributed by atoms with Gasteiger partial charge in [-0.2, -0.15) is 0 Å². The SMILES string of the molecule is CCN(CC)CCN(C(=O)COc1ccc(C)cc1)c1nc2cc(C)cc(C)c2s1.Cl. The lowest BCUT2D eigenvalue weighted by Gasteiger charge is -2.24. The molecule has 0 radical (unpaired) electrons. The van der Waals surface area contributed by atoms with Crippen molar-refractivity contribution >= 4 is 45.0 Å². The van der Waals surface area contributed by atoms with E-state index in [9.17, 15) is 4.79 Å². The largest absolute Gasteiger partial charge is 0.484 e. The maximum Gasteiger partial charge on any atom is 0.266 e. The molecule has 0 saturated heterocycles. The summed E-state index contributed by atoms with van der Waals surface area (Å²) in [5.74, 6) is 0.629. The molecule has 5 nitrogen and oxygen atoms in total. The van der Waals surface area contributed by atoms with Gasteiger partial charge in [0.1, 0.15) is 5.75 Å². The molecule has 0 fully saturated rings. The van der Waals surface area contributed by atoms with Gasteiger partial charge in [-0.05, 0) is 63.2 Å². The molecule has 3 rings (SSSR count). The zero-order valence-corrected chi connectivity index (χ0v) is 20.6. The first kappa shape index (κ1) is 25.1. The first-order valence-electron chi connectivity index (χ1n) is 10.5. The third kappa shape index (κ3) is 6.42. The number of carbonyl (C=O) groups excluding carboxylic acids is 1. The van der Waals surface area contributed by atoms with Crippen LogP contribution in [-0.4, -0.2) is 48.6 Å². The Morgan fingerprint density at radius 2 is 1.68 bits per heavy atom. The summed E-state index contributed by atoms with van der Waals surface area (Å²) in [7, 11) is 0. The van der Waals surface area contributed by atoms with Gasteiger partial charge in [0.2, 0.25) is 0 Å². The van der Waals surface area contributed by atoms with Crippen LogP contribution in [0.1, 0.15) is 30.5 Å². The van der Waals surface area contributed by atoms with Gasteiger partial charge in [0.15, 0.2) is 11.7 Å². The Balaban J connectivity index is 0.00000341. The molecule has 168 valence electrons. The lowest BCUT2D eigenvalue weighted by atomic mass is 10.1. The monoisotopic (exact) mass is 461 g/mol. The van der Waals surface area contributed by atoms with Gasteiger partial charge in [0, 0.05) is 13.1 Å². The molecule has 3 aromatic rings. The van der Waals surface area contributed by atoms with E-state index >= 15 is 0 Å². The highest BCUT2D eigenvalue weighted by molar-refractivity contribution is 7.22. The Morgan fingerprint density at radius 1 is 1.00 bits per heavy atom. The Kier molecular flexibility index (Phi) is 9.29. The van der Waals surface area contributed by atoms with Crippen molar-refractivity contribution < 1.29 is 9.53 Å². The van der Waals surface area contributed by atoms with Crippen LogP contribution in [0, 0.1) is 20.8 Å². The van der Waals surface area contributed by atoms with Crippen molar-refractivity contribution in [1.82, 2.24) is 9.88 Å². The second kappa shape index (κ2) is 11.5. The van der Waals surface area contributed by atoms with Crippen LogP contribution in [0.15, 0.2) is 36.4 Å². The smallest absolute Gasteiger partial charge is 0.266 e. The zero-order valence-electron chi connectivity index (χ0n) is 19.0. The highest BCUT2D eigenvalue weighted by Crippen LogP contribution is 2.32. The van der Waals surface area contributed by atoms with E-state index < -0.39 is 0 Å². The Labute approximate surface area is 195 Å². The molecule has 7 heteroatoms. The molecule has 1 amide bonds. The summed E-state index contributed by atoms with van der Waals surface area (Å²) in [5, 5.41) is 0.739. The molecule has 0 aliphatic rings. The predicted octanol–water partition coefficient (Wildman–Crippen LogP) is 5.40. The molecular weight excluding hydrogens is 430 g/mol. The number of fused-ring (bicyclic) bond motifs is 1. The number of thiazole rings is 1. The fraction of sp³-hybridized carbons (Fsp3) is 0.417. The molecule has 0 spiro atoms. The standard InChI is InChI=1S/C24H31N3O2S.ClH/c1-6-26(7-2)12-13-27(22(28)16-29-20-10-8-17(3)9-11-20)24-25-21-15-18(4)14-19(5)23(21)30-24;/h8-11,14-15H,6-7,12-13,16H2,1-5H3;1H. The van der Waals surface area contributed by atoms with Crippen molar-refractivity contribution in [1.29, 1.82) is 0 Å². The summed E-state index contributed by atoms with van der Waals surface area (Å²) in [5.41, 5.74) is 4.49.